The van der Waals surface area contributed by atoms with Crippen LogP contribution in [0.5, 0.6) is 11.5 Å². The molecule has 1 N–H and O–H groups in total. The number of fused-ring (bicyclic) bond motifs is 1. The molecule has 0 aliphatic carbocycles. The van der Waals surface area contributed by atoms with Gasteiger partial charge in [0.15, 0.2) is 5.60 Å². The van der Waals surface area contributed by atoms with Gasteiger partial charge < -0.3 is 14.2 Å². The highest BCUT2D eigenvalue weighted by Gasteiger charge is 2.51. The van der Waals surface area contributed by atoms with E-state index in [0.717, 1.165) is 16.8 Å². The van der Waals surface area contributed by atoms with Crippen LogP contribution in [0.3, 0.4) is 0 Å². The van der Waals surface area contributed by atoms with Crippen LogP contribution in [0.2, 0.25) is 0 Å². The number of ether oxygens (including phenoxy) is 3. The molecule has 1 aliphatic rings. The lowest BCUT2D eigenvalue weighted by Crippen LogP contribution is -2.46. The molecule has 5 rings (SSSR count). The van der Waals surface area contributed by atoms with E-state index < -0.39 is 21.5 Å². The van der Waals surface area contributed by atoms with Gasteiger partial charge in [0.05, 0.1) is 31.2 Å². The van der Waals surface area contributed by atoms with Gasteiger partial charge in [0.25, 0.3) is 15.9 Å². The van der Waals surface area contributed by atoms with Crippen LogP contribution in [0, 0.1) is 13.8 Å². The Kier molecular flexibility index (Phi) is 7.05. The molecule has 2 atom stereocenters. The van der Waals surface area contributed by atoms with Crippen LogP contribution in [0.4, 0.5) is 0 Å². The van der Waals surface area contributed by atoms with E-state index >= 15 is 0 Å². The van der Waals surface area contributed by atoms with E-state index in [0.29, 0.717) is 28.0 Å². The Morgan fingerprint density at radius 2 is 1.79 bits per heavy atom. The van der Waals surface area contributed by atoms with Crippen molar-refractivity contribution in [2.24, 2.45) is 0 Å². The molecule has 1 amide bonds. The van der Waals surface area contributed by atoms with E-state index in [-0.39, 0.29) is 23.8 Å². The standard InChI is InChI=1S/C30H30N2O6S/c1-19-11-14-27(37-4)25(15-19)30(17-22(18-38-30)21-7-5-8-23(16-21)36-3)29(33)32-39(34,35)28-10-6-9-26-24(28)13-12-20(2)31-26/h5-16,22H,17-18H2,1-4H3,(H,32,33)/t22-,30-/m1/s1. The Balaban J connectivity index is 1.58. The number of hydrogen-bond acceptors (Lipinski definition) is 7. The Labute approximate surface area is 228 Å². The summed E-state index contributed by atoms with van der Waals surface area (Å²) in [6.45, 7) is 3.93. The fourth-order valence-electron chi connectivity index (χ4n) is 5.15. The lowest BCUT2D eigenvalue weighted by molar-refractivity contribution is -0.140. The number of nitrogens with zero attached hydrogens (tertiary/aromatic N) is 1. The van der Waals surface area contributed by atoms with Gasteiger partial charge in [-0.1, -0.05) is 29.8 Å². The summed E-state index contributed by atoms with van der Waals surface area (Å²) < 4.78 is 47.0. The number of carbonyl (C=O) groups is 1. The number of aromatic nitrogens is 1. The van der Waals surface area contributed by atoms with Gasteiger partial charge in [-0.05, 0) is 74.4 Å². The van der Waals surface area contributed by atoms with Crippen molar-refractivity contribution in [1.29, 1.82) is 0 Å². The molecule has 202 valence electrons. The van der Waals surface area contributed by atoms with Crippen LogP contribution in [-0.2, 0) is 25.2 Å². The van der Waals surface area contributed by atoms with Crippen molar-refractivity contribution in [3.05, 3.63) is 95.2 Å². The number of amides is 1. The monoisotopic (exact) mass is 546 g/mol. The zero-order valence-corrected chi connectivity index (χ0v) is 23.0. The first-order valence-electron chi connectivity index (χ1n) is 12.5. The highest BCUT2D eigenvalue weighted by Crippen LogP contribution is 2.47. The summed E-state index contributed by atoms with van der Waals surface area (Å²) in [4.78, 5) is 18.5. The predicted octanol–water partition coefficient (Wildman–Crippen LogP) is 4.77. The second-order valence-electron chi connectivity index (χ2n) is 9.73. The van der Waals surface area contributed by atoms with Gasteiger partial charge in [0.1, 0.15) is 11.5 Å². The molecule has 1 aromatic heterocycles. The second-order valence-corrected chi connectivity index (χ2v) is 11.4. The lowest BCUT2D eigenvalue weighted by atomic mass is 9.83. The van der Waals surface area contributed by atoms with Crippen LogP contribution in [0.1, 0.15) is 34.7 Å². The first-order valence-corrected chi connectivity index (χ1v) is 14.0. The number of benzene rings is 3. The van der Waals surface area contributed by atoms with E-state index in [2.05, 4.69) is 9.71 Å². The minimum Gasteiger partial charge on any atom is -0.497 e. The molecule has 0 unspecified atom stereocenters. The molecule has 0 spiro atoms. The Morgan fingerprint density at radius 1 is 1.00 bits per heavy atom. The lowest BCUT2D eigenvalue weighted by Gasteiger charge is -2.29. The van der Waals surface area contributed by atoms with E-state index in [1.165, 1.54) is 13.2 Å². The van der Waals surface area contributed by atoms with Crippen molar-refractivity contribution < 1.29 is 27.4 Å². The molecular weight excluding hydrogens is 516 g/mol. The molecular formula is C30H30N2O6S. The molecule has 1 fully saturated rings. The Bertz CT molecular complexity index is 1670. The van der Waals surface area contributed by atoms with Crippen molar-refractivity contribution in [2.45, 2.75) is 36.7 Å². The van der Waals surface area contributed by atoms with Gasteiger partial charge in [0.2, 0.25) is 0 Å². The quantitative estimate of drug-likeness (QED) is 0.356. The van der Waals surface area contributed by atoms with Crippen molar-refractivity contribution in [1.82, 2.24) is 9.71 Å². The van der Waals surface area contributed by atoms with Crippen LogP contribution in [-0.4, -0.2) is 40.1 Å². The van der Waals surface area contributed by atoms with Gasteiger partial charge in [-0.2, -0.15) is 0 Å². The maximum Gasteiger partial charge on any atom is 0.270 e. The maximum absolute atomic E-state index is 14.1. The topological polar surface area (TPSA) is 104 Å². The van der Waals surface area contributed by atoms with Crippen molar-refractivity contribution in [3.8, 4) is 11.5 Å². The fourth-order valence-corrected chi connectivity index (χ4v) is 6.38. The number of methoxy groups -OCH3 is 2. The number of carbonyl (C=O) groups excluding carboxylic acids is 1. The smallest absolute Gasteiger partial charge is 0.270 e. The van der Waals surface area contributed by atoms with Gasteiger partial charge in [-0.25, -0.2) is 13.1 Å². The normalized spacial score (nSPS) is 19.1. The van der Waals surface area contributed by atoms with Crippen molar-refractivity contribution >= 4 is 26.8 Å². The summed E-state index contributed by atoms with van der Waals surface area (Å²) in [5.74, 6) is 0.145. The number of rotatable bonds is 7. The van der Waals surface area contributed by atoms with Gasteiger partial charge >= 0.3 is 0 Å². The largest absolute Gasteiger partial charge is 0.497 e. The van der Waals surface area contributed by atoms with E-state index in [1.807, 2.05) is 50.2 Å². The van der Waals surface area contributed by atoms with Gasteiger partial charge in [0, 0.05) is 22.6 Å². The summed E-state index contributed by atoms with van der Waals surface area (Å²) in [5.41, 5.74) is 1.94. The van der Waals surface area contributed by atoms with Crippen molar-refractivity contribution in [2.75, 3.05) is 20.8 Å². The third-order valence-electron chi connectivity index (χ3n) is 7.13. The van der Waals surface area contributed by atoms with Crippen LogP contribution in [0.15, 0.2) is 77.7 Å². The minimum atomic E-state index is -4.29. The number of aryl methyl sites for hydroxylation is 2. The molecule has 9 heteroatoms. The minimum absolute atomic E-state index is 0.0328. The van der Waals surface area contributed by atoms with Gasteiger partial charge in [-0.3, -0.25) is 9.78 Å². The first-order chi connectivity index (χ1) is 18.7. The van der Waals surface area contributed by atoms with E-state index in [4.69, 9.17) is 14.2 Å². The SMILES string of the molecule is COc1cccc([C@H]2CO[C@@](C(=O)NS(=O)(=O)c3cccc4nc(C)ccc34)(c3cc(C)ccc3OC)C2)c1. The first kappa shape index (κ1) is 26.6. The molecule has 0 saturated carbocycles. The number of pyridine rings is 1. The van der Waals surface area contributed by atoms with E-state index in [1.54, 1.807) is 37.4 Å². The zero-order chi connectivity index (χ0) is 27.8. The highest BCUT2D eigenvalue weighted by atomic mass is 32.2. The summed E-state index contributed by atoms with van der Waals surface area (Å²) in [7, 11) is -1.18. The zero-order valence-electron chi connectivity index (χ0n) is 22.2. The molecule has 1 saturated heterocycles. The third-order valence-corrected chi connectivity index (χ3v) is 8.52. The maximum atomic E-state index is 14.1. The molecule has 3 aromatic carbocycles. The average molecular weight is 547 g/mol. The summed E-state index contributed by atoms with van der Waals surface area (Å²) >= 11 is 0. The van der Waals surface area contributed by atoms with Crippen LogP contribution < -0.4 is 14.2 Å². The van der Waals surface area contributed by atoms with Crippen molar-refractivity contribution in [3.63, 3.8) is 0 Å². The number of sulfonamides is 1. The third kappa shape index (κ3) is 4.95. The summed E-state index contributed by atoms with van der Waals surface area (Å²) in [5, 5.41) is 0.423. The highest BCUT2D eigenvalue weighted by molar-refractivity contribution is 7.90. The predicted molar refractivity (Wildman–Crippen MR) is 148 cm³/mol. The van der Waals surface area contributed by atoms with Crippen LogP contribution >= 0.6 is 0 Å². The molecule has 0 radical (unpaired) electrons. The molecule has 0 bridgehead atoms. The molecule has 8 nitrogen and oxygen atoms in total. The van der Waals surface area contributed by atoms with Gasteiger partial charge in [-0.15, -0.1) is 0 Å². The molecule has 1 aliphatic heterocycles. The molecule has 39 heavy (non-hydrogen) atoms. The average Bonchev–Trinajstić information content (AvgIpc) is 3.39. The molecule has 4 aromatic rings. The fraction of sp³-hybridized carbons (Fsp3) is 0.267. The number of nitrogens with one attached hydrogen (secondary N) is 1. The summed E-state index contributed by atoms with van der Waals surface area (Å²) in [6, 6.07) is 21.2. The van der Waals surface area contributed by atoms with E-state index in [9.17, 15) is 13.2 Å². The van der Waals surface area contributed by atoms with Crippen LogP contribution in [0.25, 0.3) is 10.9 Å². The Morgan fingerprint density at radius 3 is 2.56 bits per heavy atom. The Hall–Kier alpha value is -3.95. The summed E-state index contributed by atoms with van der Waals surface area (Å²) in [6.07, 6.45) is 0.206. The number of hydrogen-bond donors (Lipinski definition) is 1. The molecule has 2 heterocycles. The second kappa shape index (κ2) is 10.3.